The molecule has 0 unspecified atom stereocenters. The van der Waals surface area contributed by atoms with Crippen molar-refractivity contribution in [2.75, 3.05) is 51.3 Å². The van der Waals surface area contributed by atoms with Gasteiger partial charge in [0.2, 0.25) is 5.91 Å². The third-order valence-corrected chi connectivity index (χ3v) is 5.97. The molecule has 4 rings (SSSR count). The molecule has 1 aliphatic rings. The Morgan fingerprint density at radius 1 is 1.12 bits per heavy atom. The molecule has 8 nitrogen and oxygen atoms in total. The van der Waals surface area contributed by atoms with Gasteiger partial charge >= 0.3 is 0 Å². The number of aryl methyl sites for hydroxylation is 1. The summed E-state index contributed by atoms with van der Waals surface area (Å²) in [6, 6.07) is 13.3. The zero-order valence-corrected chi connectivity index (χ0v) is 19.3. The highest BCUT2D eigenvalue weighted by molar-refractivity contribution is 5.96. The Kier molecular flexibility index (Phi) is 7.36. The lowest BCUT2D eigenvalue weighted by Crippen LogP contribution is -2.41. The predicted octanol–water partition coefficient (Wildman–Crippen LogP) is 2.16. The normalized spacial score (nSPS) is 14.4. The fourth-order valence-corrected chi connectivity index (χ4v) is 4.07. The summed E-state index contributed by atoms with van der Waals surface area (Å²) in [4.78, 5) is 34.4. The van der Waals surface area contributed by atoms with Crippen LogP contribution in [-0.4, -0.2) is 72.5 Å². The Morgan fingerprint density at radius 2 is 1.88 bits per heavy atom. The Labute approximate surface area is 194 Å². The number of carbonyl (C=O) groups excluding carboxylic acids is 2. The molecule has 0 bridgehead atoms. The van der Waals surface area contributed by atoms with Crippen molar-refractivity contribution in [1.82, 2.24) is 19.6 Å². The largest absolute Gasteiger partial charge is 0.379 e. The van der Waals surface area contributed by atoms with Crippen molar-refractivity contribution in [2.45, 2.75) is 19.8 Å². The number of morpholine rings is 1. The molecule has 0 atom stereocenters. The fraction of sp³-hybridized carbons (Fsp3) is 0.400. The van der Waals surface area contributed by atoms with E-state index in [1.54, 1.807) is 24.2 Å². The number of fused-ring (bicyclic) bond motifs is 1. The van der Waals surface area contributed by atoms with Gasteiger partial charge in [0.1, 0.15) is 11.5 Å². The van der Waals surface area contributed by atoms with Crippen molar-refractivity contribution in [2.24, 2.45) is 0 Å². The summed E-state index contributed by atoms with van der Waals surface area (Å²) in [6.45, 7) is 6.65. The summed E-state index contributed by atoms with van der Waals surface area (Å²) >= 11 is 0. The van der Waals surface area contributed by atoms with E-state index in [1.165, 1.54) is 0 Å². The Hall–Kier alpha value is -3.23. The van der Waals surface area contributed by atoms with Crippen LogP contribution in [0.1, 0.15) is 28.5 Å². The van der Waals surface area contributed by atoms with Gasteiger partial charge in [0, 0.05) is 39.4 Å². The Morgan fingerprint density at radius 3 is 2.61 bits per heavy atom. The van der Waals surface area contributed by atoms with Crippen molar-refractivity contribution in [3.8, 4) is 0 Å². The van der Waals surface area contributed by atoms with E-state index in [-0.39, 0.29) is 11.8 Å². The van der Waals surface area contributed by atoms with Gasteiger partial charge in [-0.3, -0.25) is 23.8 Å². The highest BCUT2D eigenvalue weighted by Gasteiger charge is 2.21. The average molecular weight is 450 g/mol. The van der Waals surface area contributed by atoms with Crippen LogP contribution in [0.15, 0.2) is 48.7 Å². The smallest absolute Gasteiger partial charge is 0.252 e. The van der Waals surface area contributed by atoms with Crippen LogP contribution in [0.2, 0.25) is 0 Å². The number of nitrogens with one attached hydrogen (secondary N) is 1. The van der Waals surface area contributed by atoms with E-state index in [4.69, 9.17) is 4.74 Å². The third-order valence-electron chi connectivity index (χ3n) is 5.97. The number of amides is 2. The first-order valence-corrected chi connectivity index (χ1v) is 11.5. The minimum Gasteiger partial charge on any atom is -0.379 e. The standard InChI is InChI=1S/C25H31N5O3/c1-3-21-25(28(2)23(31)17-19-7-5-4-6-8-19)30-18-20(9-10-22(30)27-21)24(32)26-11-12-29-13-15-33-16-14-29/h4-10,18H,3,11-17H2,1-2H3,(H,26,32). The van der Waals surface area contributed by atoms with Crippen molar-refractivity contribution in [1.29, 1.82) is 0 Å². The van der Waals surface area contributed by atoms with Crippen LogP contribution in [0.25, 0.3) is 5.65 Å². The molecule has 8 heteroatoms. The minimum absolute atomic E-state index is 0.0296. The summed E-state index contributed by atoms with van der Waals surface area (Å²) in [6.07, 6.45) is 2.75. The van der Waals surface area contributed by atoms with Gasteiger partial charge in [0.15, 0.2) is 0 Å². The first kappa shape index (κ1) is 22.9. The Bertz CT molecular complexity index is 1110. The maximum absolute atomic E-state index is 13.0. The molecular formula is C25H31N5O3. The van der Waals surface area contributed by atoms with Crippen molar-refractivity contribution >= 4 is 23.3 Å². The lowest BCUT2D eigenvalue weighted by atomic mass is 10.1. The van der Waals surface area contributed by atoms with Crippen LogP contribution in [0.3, 0.4) is 0 Å². The summed E-state index contributed by atoms with van der Waals surface area (Å²) in [5.74, 6) is 0.538. The van der Waals surface area contributed by atoms with Crippen molar-refractivity contribution in [3.05, 3.63) is 65.5 Å². The van der Waals surface area contributed by atoms with Gasteiger partial charge in [0.05, 0.1) is 30.9 Å². The maximum atomic E-state index is 13.0. The molecular weight excluding hydrogens is 418 g/mol. The molecule has 0 saturated carbocycles. The molecule has 1 saturated heterocycles. The summed E-state index contributed by atoms with van der Waals surface area (Å²) in [7, 11) is 1.77. The van der Waals surface area contributed by atoms with Gasteiger partial charge in [-0.05, 0) is 24.1 Å². The molecule has 1 N–H and O–H groups in total. The quantitative estimate of drug-likeness (QED) is 0.570. The monoisotopic (exact) mass is 449 g/mol. The van der Waals surface area contributed by atoms with Crippen LogP contribution in [0.4, 0.5) is 5.82 Å². The first-order valence-electron chi connectivity index (χ1n) is 11.5. The fourth-order valence-electron chi connectivity index (χ4n) is 4.07. The number of hydrogen-bond donors (Lipinski definition) is 1. The van der Waals surface area contributed by atoms with Gasteiger partial charge in [-0.1, -0.05) is 37.3 Å². The zero-order chi connectivity index (χ0) is 23.2. The zero-order valence-electron chi connectivity index (χ0n) is 19.3. The predicted molar refractivity (Wildman–Crippen MR) is 128 cm³/mol. The first-order chi connectivity index (χ1) is 16.1. The molecule has 2 amide bonds. The van der Waals surface area contributed by atoms with Gasteiger partial charge in [0.25, 0.3) is 5.91 Å². The number of likely N-dealkylation sites (N-methyl/N-ethyl adjacent to an activating group) is 1. The highest BCUT2D eigenvalue weighted by Crippen LogP contribution is 2.24. The SMILES string of the molecule is CCc1nc2ccc(C(=O)NCCN3CCOCC3)cn2c1N(C)C(=O)Cc1ccccc1. The number of benzene rings is 1. The number of anilines is 1. The van der Waals surface area contributed by atoms with Crippen molar-refractivity contribution in [3.63, 3.8) is 0 Å². The van der Waals surface area contributed by atoms with Crippen molar-refractivity contribution < 1.29 is 14.3 Å². The van der Waals surface area contributed by atoms with Crippen LogP contribution in [0, 0.1) is 0 Å². The van der Waals surface area contributed by atoms with E-state index in [0.717, 1.165) is 44.1 Å². The molecule has 3 heterocycles. The lowest BCUT2D eigenvalue weighted by molar-refractivity contribution is -0.117. The van der Waals surface area contributed by atoms with Gasteiger partial charge < -0.3 is 10.1 Å². The molecule has 1 fully saturated rings. The second-order valence-corrected chi connectivity index (χ2v) is 8.21. The van der Waals surface area contributed by atoms with Gasteiger partial charge in [-0.25, -0.2) is 4.98 Å². The minimum atomic E-state index is -0.138. The van der Waals surface area contributed by atoms with Crippen LogP contribution in [-0.2, 0) is 22.4 Å². The molecule has 1 aliphatic heterocycles. The maximum Gasteiger partial charge on any atom is 0.252 e. The third kappa shape index (κ3) is 5.40. The summed E-state index contributed by atoms with van der Waals surface area (Å²) in [5, 5.41) is 3.00. The molecule has 174 valence electrons. The number of nitrogens with zero attached hydrogens (tertiary/aromatic N) is 4. The lowest BCUT2D eigenvalue weighted by Gasteiger charge is -2.26. The second kappa shape index (κ2) is 10.6. The molecule has 3 aromatic rings. The number of carbonyl (C=O) groups is 2. The van der Waals surface area contributed by atoms with Crippen LogP contribution in [0.5, 0.6) is 0 Å². The van der Waals surface area contributed by atoms with E-state index < -0.39 is 0 Å². The number of hydrogen-bond acceptors (Lipinski definition) is 5. The Balaban J connectivity index is 1.50. The van der Waals surface area contributed by atoms with E-state index >= 15 is 0 Å². The van der Waals surface area contributed by atoms with Crippen LogP contribution < -0.4 is 10.2 Å². The second-order valence-electron chi connectivity index (χ2n) is 8.21. The number of pyridine rings is 1. The molecule has 1 aromatic carbocycles. The molecule has 0 radical (unpaired) electrons. The summed E-state index contributed by atoms with van der Waals surface area (Å²) < 4.78 is 7.21. The van der Waals surface area contributed by atoms with Crippen LogP contribution >= 0.6 is 0 Å². The number of aromatic nitrogens is 2. The molecule has 0 spiro atoms. The number of rotatable bonds is 8. The topological polar surface area (TPSA) is 79.2 Å². The van der Waals surface area contributed by atoms with Gasteiger partial charge in [-0.15, -0.1) is 0 Å². The van der Waals surface area contributed by atoms with E-state index in [9.17, 15) is 9.59 Å². The summed E-state index contributed by atoms with van der Waals surface area (Å²) in [5.41, 5.74) is 3.03. The highest BCUT2D eigenvalue weighted by atomic mass is 16.5. The van der Waals surface area contributed by atoms with E-state index in [0.29, 0.717) is 36.4 Å². The molecule has 33 heavy (non-hydrogen) atoms. The average Bonchev–Trinajstić information content (AvgIpc) is 3.22. The number of ether oxygens (including phenoxy) is 1. The van der Waals surface area contributed by atoms with E-state index in [2.05, 4.69) is 15.2 Å². The molecule has 2 aromatic heterocycles. The molecule has 0 aliphatic carbocycles. The van der Waals surface area contributed by atoms with E-state index in [1.807, 2.05) is 47.7 Å². The van der Waals surface area contributed by atoms with Gasteiger partial charge in [-0.2, -0.15) is 0 Å². The number of imidazole rings is 1.